The molecular formula is C15H16N2O4S. The molecule has 0 atom stereocenters. The van der Waals surface area contributed by atoms with Gasteiger partial charge in [-0.25, -0.2) is 4.28 Å². The van der Waals surface area contributed by atoms with E-state index in [1.165, 1.54) is 12.1 Å². The van der Waals surface area contributed by atoms with Crippen LogP contribution in [-0.4, -0.2) is 13.3 Å². The van der Waals surface area contributed by atoms with Crippen molar-refractivity contribution < 1.29 is 17.6 Å². The number of benzene rings is 2. The molecule has 116 valence electrons. The van der Waals surface area contributed by atoms with Crippen LogP contribution in [0.25, 0.3) is 0 Å². The molecule has 0 amide bonds. The molecular weight excluding hydrogens is 304 g/mol. The van der Waals surface area contributed by atoms with E-state index in [2.05, 4.69) is 9.56 Å². The SMILES string of the molecule is Cc1ccc(S(=O)(=O)O/N=[N+](\[O-])Cc2cccc(C)c2)cc1. The Bertz CT molecular complexity index is 783. The fourth-order valence-electron chi connectivity index (χ4n) is 1.82. The topological polar surface area (TPSA) is 81.8 Å². The van der Waals surface area contributed by atoms with E-state index in [0.717, 1.165) is 16.7 Å². The van der Waals surface area contributed by atoms with Crippen molar-refractivity contribution in [2.75, 3.05) is 0 Å². The maximum atomic E-state index is 11.9. The van der Waals surface area contributed by atoms with E-state index in [-0.39, 0.29) is 16.3 Å². The predicted molar refractivity (Wildman–Crippen MR) is 80.4 cm³/mol. The van der Waals surface area contributed by atoms with E-state index in [4.69, 9.17) is 0 Å². The van der Waals surface area contributed by atoms with Crippen molar-refractivity contribution in [2.45, 2.75) is 25.3 Å². The third-order valence-corrected chi connectivity index (χ3v) is 4.04. The summed E-state index contributed by atoms with van der Waals surface area (Å²) < 4.78 is 28.2. The second-order valence-electron chi connectivity index (χ2n) is 4.92. The Kier molecular flexibility index (Phi) is 4.77. The average Bonchev–Trinajstić information content (AvgIpc) is 2.46. The smallest absolute Gasteiger partial charge is 0.363 e. The van der Waals surface area contributed by atoms with Crippen LogP contribution < -0.4 is 0 Å². The second kappa shape index (κ2) is 6.57. The Balaban J connectivity index is 2.08. The van der Waals surface area contributed by atoms with Crippen LogP contribution in [0.1, 0.15) is 16.7 Å². The monoisotopic (exact) mass is 320 g/mol. The summed E-state index contributed by atoms with van der Waals surface area (Å²) in [6.07, 6.45) is 0. The minimum absolute atomic E-state index is 0.0502. The van der Waals surface area contributed by atoms with Gasteiger partial charge in [0.05, 0.1) is 0 Å². The van der Waals surface area contributed by atoms with Crippen LogP contribution in [0.5, 0.6) is 0 Å². The lowest BCUT2D eigenvalue weighted by molar-refractivity contribution is -0.567. The maximum Gasteiger partial charge on any atom is 0.363 e. The van der Waals surface area contributed by atoms with Gasteiger partial charge in [-0.2, -0.15) is 8.42 Å². The van der Waals surface area contributed by atoms with Crippen molar-refractivity contribution in [3.05, 3.63) is 70.4 Å². The summed E-state index contributed by atoms with van der Waals surface area (Å²) >= 11 is 0. The summed E-state index contributed by atoms with van der Waals surface area (Å²) in [5, 5.41) is 14.7. The van der Waals surface area contributed by atoms with Crippen molar-refractivity contribution in [2.24, 2.45) is 5.28 Å². The first kappa shape index (κ1) is 16.0. The molecule has 0 N–H and O–H groups in total. The van der Waals surface area contributed by atoms with E-state index in [9.17, 15) is 13.6 Å². The van der Waals surface area contributed by atoms with E-state index in [0.29, 0.717) is 0 Å². The zero-order valence-corrected chi connectivity index (χ0v) is 13.1. The van der Waals surface area contributed by atoms with E-state index >= 15 is 0 Å². The minimum atomic E-state index is -4.08. The summed E-state index contributed by atoms with van der Waals surface area (Å²) in [5.74, 6) is 0. The van der Waals surface area contributed by atoms with Crippen molar-refractivity contribution >= 4 is 10.1 Å². The Morgan fingerprint density at radius 3 is 2.41 bits per heavy atom. The van der Waals surface area contributed by atoms with Crippen molar-refractivity contribution in [1.29, 1.82) is 0 Å². The summed E-state index contributed by atoms with van der Waals surface area (Å²) in [5.41, 5.74) is 2.63. The quantitative estimate of drug-likeness (QED) is 0.481. The van der Waals surface area contributed by atoms with Gasteiger partial charge in [0.25, 0.3) is 0 Å². The molecule has 0 aliphatic rings. The first-order valence-electron chi connectivity index (χ1n) is 6.58. The number of nitrogens with zero attached hydrogens (tertiary/aromatic N) is 2. The first-order valence-corrected chi connectivity index (χ1v) is 7.99. The molecule has 0 aliphatic heterocycles. The highest BCUT2D eigenvalue weighted by Crippen LogP contribution is 2.14. The summed E-state index contributed by atoms with van der Waals surface area (Å²) in [6.45, 7) is 3.64. The van der Waals surface area contributed by atoms with E-state index < -0.39 is 10.1 Å². The van der Waals surface area contributed by atoms with Gasteiger partial charge in [0, 0.05) is 5.56 Å². The van der Waals surface area contributed by atoms with Gasteiger partial charge in [0.2, 0.25) is 11.8 Å². The Morgan fingerprint density at radius 2 is 1.77 bits per heavy atom. The third kappa shape index (κ3) is 4.29. The molecule has 2 aromatic rings. The van der Waals surface area contributed by atoms with Gasteiger partial charge in [-0.15, -0.1) is 0 Å². The lowest BCUT2D eigenvalue weighted by Crippen LogP contribution is -2.07. The Hall–Kier alpha value is -2.41. The van der Waals surface area contributed by atoms with Gasteiger partial charge in [0.1, 0.15) is 4.90 Å². The minimum Gasteiger partial charge on any atom is -0.597 e. The normalized spacial score (nSPS) is 12.2. The van der Waals surface area contributed by atoms with Crippen molar-refractivity contribution in [3.63, 3.8) is 0 Å². The molecule has 0 radical (unpaired) electrons. The highest BCUT2D eigenvalue weighted by Gasteiger charge is 2.17. The summed E-state index contributed by atoms with van der Waals surface area (Å²) in [6, 6.07) is 13.3. The van der Waals surface area contributed by atoms with Crippen LogP contribution in [0.4, 0.5) is 0 Å². The molecule has 0 saturated carbocycles. The fourth-order valence-corrected chi connectivity index (χ4v) is 2.54. The largest absolute Gasteiger partial charge is 0.597 e. The molecule has 0 unspecified atom stereocenters. The Labute approximate surface area is 129 Å². The molecule has 7 heteroatoms. The van der Waals surface area contributed by atoms with Crippen LogP contribution in [0.2, 0.25) is 0 Å². The van der Waals surface area contributed by atoms with Gasteiger partial charge in [-0.3, -0.25) is 0 Å². The van der Waals surface area contributed by atoms with Gasteiger partial charge in [0.15, 0.2) is 0 Å². The number of hydroxylamine groups is 1. The number of hydrogen-bond donors (Lipinski definition) is 0. The molecule has 2 rings (SSSR count). The molecule has 2 aromatic carbocycles. The molecule has 0 spiro atoms. The molecule has 6 nitrogen and oxygen atoms in total. The lowest BCUT2D eigenvalue weighted by atomic mass is 10.1. The average molecular weight is 320 g/mol. The van der Waals surface area contributed by atoms with Gasteiger partial charge >= 0.3 is 10.1 Å². The van der Waals surface area contributed by atoms with Crippen LogP contribution in [0.3, 0.4) is 0 Å². The predicted octanol–water partition coefficient (Wildman–Crippen LogP) is 3.09. The lowest BCUT2D eigenvalue weighted by Gasteiger charge is -2.03. The fraction of sp³-hybridized carbons (Fsp3) is 0.200. The van der Waals surface area contributed by atoms with Gasteiger partial charge in [-0.05, 0) is 32.0 Å². The summed E-state index contributed by atoms with van der Waals surface area (Å²) in [4.78, 5) is 0.145. The van der Waals surface area contributed by atoms with Gasteiger partial charge in [-0.1, -0.05) is 46.3 Å². The first-order chi connectivity index (χ1) is 10.4. The molecule has 0 heterocycles. The van der Waals surface area contributed by atoms with Crippen LogP contribution >= 0.6 is 0 Å². The standard InChI is InChI=1S/C15H16N2O4S/c1-12-6-8-15(9-7-12)22(19,20)21-16-17(18)11-14-5-3-4-13(2)10-14/h3-10H,11H2,1-2H3/b17-16-. The molecule has 0 fully saturated rings. The molecule has 0 saturated heterocycles. The highest BCUT2D eigenvalue weighted by atomic mass is 32.2. The number of rotatable bonds is 5. The summed E-state index contributed by atoms with van der Waals surface area (Å²) in [7, 11) is -4.08. The van der Waals surface area contributed by atoms with Gasteiger partial charge < -0.3 is 5.21 Å². The van der Waals surface area contributed by atoms with E-state index in [1.807, 2.05) is 32.0 Å². The van der Waals surface area contributed by atoms with Crippen LogP contribution in [0, 0.1) is 19.1 Å². The van der Waals surface area contributed by atoms with Crippen molar-refractivity contribution in [1.82, 2.24) is 0 Å². The molecule has 0 aromatic heterocycles. The molecule has 0 bridgehead atoms. The van der Waals surface area contributed by atoms with E-state index in [1.54, 1.807) is 18.2 Å². The highest BCUT2D eigenvalue weighted by molar-refractivity contribution is 7.86. The third-order valence-electron chi connectivity index (χ3n) is 2.93. The molecule has 0 aliphatic carbocycles. The number of aryl methyl sites for hydroxylation is 2. The van der Waals surface area contributed by atoms with Crippen molar-refractivity contribution in [3.8, 4) is 0 Å². The Morgan fingerprint density at radius 1 is 1.09 bits per heavy atom. The molecule has 22 heavy (non-hydrogen) atoms. The maximum absolute atomic E-state index is 11.9. The van der Waals surface area contributed by atoms with Crippen LogP contribution in [-0.2, 0) is 20.9 Å². The number of hydrogen-bond acceptors (Lipinski definition) is 5. The second-order valence-corrected chi connectivity index (χ2v) is 6.45. The van der Waals surface area contributed by atoms with Crippen LogP contribution in [0.15, 0.2) is 58.7 Å². The zero-order chi connectivity index (χ0) is 16.2. The zero-order valence-electron chi connectivity index (χ0n) is 12.3.